The van der Waals surface area contributed by atoms with Gasteiger partial charge in [-0.25, -0.2) is 0 Å². The predicted octanol–water partition coefficient (Wildman–Crippen LogP) is 2.64. The molecule has 0 spiro atoms. The van der Waals surface area contributed by atoms with Gasteiger partial charge in [-0.2, -0.15) is 0 Å². The van der Waals surface area contributed by atoms with Crippen molar-refractivity contribution in [3.63, 3.8) is 0 Å². The molecule has 0 aromatic heterocycles. The highest BCUT2D eigenvalue weighted by molar-refractivity contribution is 5.57. The highest BCUT2D eigenvalue weighted by Crippen LogP contribution is 2.34. The molecule has 3 heterocycles. The summed E-state index contributed by atoms with van der Waals surface area (Å²) >= 11 is 0. The van der Waals surface area contributed by atoms with E-state index in [1.807, 2.05) is 18.2 Å². The van der Waals surface area contributed by atoms with Gasteiger partial charge in [-0.15, -0.1) is 0 Å². The lowest BCUT2D eigenvalue weighted by molar-refractivity contribution is 0.109. The molecule has 29 heavy (non-hydrogen) atoms. The van der Waals surface area contributed by atoms with Crippen LogP contribution in [0.1, 0.15) is 24.2 Å². The second-order valence-corrected chi connectivity index (χ2v) is 8.13. The van der Waals surface area contributed by atoms with Crippen LogP contribution in [-0.2, 0) is 6.42 Å². The van der Waals surface area contributed by atoms with Crippen LogP contribution in [0.2, 0.25) is 0 Å². The standard InChI is InChI=1S/C23H28N2O4/c1-16-12-18-13-17(2-4-21(18)29-16)20(26)15-24-6-8-25(9-7-24)19-3-5-22-23(14-19)28-11-10-27-22/h2-5,13-14,16,20,26H,6-12,15H2,1H3/t16-,20-/m0/s1. The van der Waals surface area contributed by atoms with E-state index in [0.29, 0.717) is 19.8 Å². The van der Waals surface area contributed by atoms with Gasteiger partial charge in [-0.1, -0.05) is 6.07 Å². The number of aliphatic hydroxyl groups excluding tert-OH is 1. The van der Waals surface area contributed by atoms with E-state index >= 15 is 0 Å². The molecule has 0 unspecified atom stereocenters. The lowest BCUT2D eigenvalue weighted by Gasteiger charge is -2.37. The van der Waals surface area contributed by atoms with Gasteiger partial charge in [0.05, 0.1) is 6.10 Å². The number of rotatable bonds is 4. The van der Waals surface area contributed by atoms with Crippen molar-refractivity contribution in [2.24, 2.45) is 0 Å². The molecule has 154 valence electrons. The number of ether oxygens (including phenoxy) is 3. The molecule has 5 rings (SSSR count). The number of benzene rings is 2. The summed E-state index contributed by atoms with van der Waals surface area (Å²) in [4.78, 5) is 4.71. The van der Waals surface area contributed by atoms with Crippen molar-refractivity contribution in [2.45, 2.75) is 25.6 Å². The van der Waals surface area contributed by atoms with Gasteiger partial charge in [-0.05, 0) is 42.3 Å². The highest BCUT2D eigenvalue weighted by atomic mass is 16.6. The van der Waals surface area contributed by atoms with Crippen LogP contribution < -0.4 is 19.1 Å². The lowest BCUT2D eigenvalue weighted by Crippen LogP contribution is -2.47. The molecule has 6 heteroatoms. The molecule has 0 amide bonds. The molecule has 0 radical (unpaired) electrons. The largest absolute Gasteiger partial charge is 0.490 e. The Morgan fingerprint density at radius 2 is 1.72 bits per heavy atom. The quantitative estimate of drug-likeness (QED) is 0.858. The number of hydrogen-bond acceptors (Lipinski definition) is 6. The molecule has 6 nitrogen and oxygen atoms in total. The Hall–Kier alpha value is -2.44. The number of nitrogens with zero attached hydrogens (tertiary/aromatic N) is 2. The van der Waals surface area contributed by atoms with Crippen LogP contribution in [0, 0.1) is 0 Å². The molecule has 2 aromatic carbocycles. The average molecular weight is 396 g/mol. The summed E-state index contributed by atoms with van der Waals surface area (Å²) in [5, 5.41) is 10.8. The summed E-state index contributed by atoms with van der Waals surface area (Å²) in [6, 6.07) is 12.3. The topological polar surface area (TPSA) is 54.4 Å². The Balaban J connectivity index is 1.18. The Labute approximate surface area is 171 Å². The zero-order chi connectivity index (χ0) is 19.8. The van der Waals surface area contributed by atoms with Gasteiger partial charge in [0.25, 0.3) is 0 Å². The van der Waals surface area contributed by atoms with Gasteiger partial charge in [0.2, 0.25) is 0 Å². The average Bonchev–Trinajstić information content (AvgIpc) is 3.13. The highest BCUT2D eigenvalue weighted by Gasteiger charge is 2.24. The van der Waals surface area contributed by atoms with Crippen molar-refractivity contribution in [1.82, 2.24) is 4.90 Å². The fourth-order valence-corrected chi connectivity index (χ4v) is 4.42. The molecular weight excluding hydrogens is 368 g/mol. The minimum Gasteiger partial charge on any atom is -0.490 e. The van der Waals surface area contributed by atoms with E-state index in [1.165, 1.54) is 11.3 Å². The summed E-state index contributed by atoms with van der Waals surface area (Å²) in [7, 11) is 0. The molecule has 1 saturated heterocycles. The van der Waals surface area contributed by atoms with Crippen molar-refractivity contribution in [3.05, 3.63) is 47.5 Å². The van der Waals surface area contributed by atoms with Gasteiger partial charge in [0, 0.05) is 50.9 Å². The number of hydrogen-bond donors (Lipinski definition) is 1. The minimum absolute atomic E-state index is 0.228. The van der Waals surface area contributed by atoms with Crippen molar-refractivity contribution in [3.8, 4) is 17.2 Å². The van der Waals surface area contributed by atoms with E-state index in [0.717, 1.165) is 55.4 Å². The third-order valence-electron chi connectivity index (χ3n) is 6.00. The molecule has 0 aliphatic carbocycles. The maximum atomic E-state index is 10.8. The van der Waals surface area contributed by atoms with E-state index in [2.05, 4.69) is 34.9 Å². The number of piperazine rings is 1. The second-order valence-electron chi connectivity index (χ2n) is 8.13. The molecule has 0 saturated carbocycles. The SMILES string of the molecule is C[C@H]1Cc2cc([C@@H](O)CN3CCN(c4ccc5c(c4)OCCO5)CC3)ccc2O1. The predicted molar refractivity (Wildman–Crippen MR) is 111 cm³/mol. The third kappa shape index (κ3) is 3.87. The Kier molecular flexibility index (Phi) is 4.97. The van der Waals surface area contributed by atoms with Crippen LogP contribution in [0.15, 0.2) is 36.4 Å². The maximum absolute atomic E-state index is 10.8. The van der Waals surface area contributed by atoms with E-state index in [9.17, 15) is 5.11 Å². The number of fused-ring (bicyclic) bond motifs is 2. The number of anilines is 1. The van der Waals surface area contributed by atoms with Gasteiger partial charge in [0.15, 0.2) is 11.5 Å². The Morgan fingerprint density at radius 3 is 2.55 bits per heavy atom. The molecule has 2 atom stereocenters. The first kappa shape index (κ1) is 18.6. The summed E-state index contributed by atoms with van der Waals surface area (Å²) in [5.74, 6) is 2.62. The molecule has 3 aliphatic heterocycles. The van der Waals surface area contributed by atoms with Gasteiger partial charge < -0.3 is 24.2 Å². The molecule has 3 aliphatic rings. The fourth-order valence-electron chi connectivity index (χ4n) is 4.42. The van der Waals surface area contributed by atoms with Crippen LogP contribution in [0.5, 0.6) is 17.2 Å². The zero-order valence-electron chi connectivity index (χ0n) is 16.8. The molecule has 1 N–H and O–H groups in total. The first-order valence-electron chi connectivity index (χ1n) is 10.5. The number of β-amino-alcohol motifs (C(OH)–C–C–N with tert-alkyl or cyclic N) is 1. The molecule has 0 bridgehead atoms. The second kappa shape index (κ2) is 7.76. The first-order chi connectivity index (χ1) is 14.2. The summed E-state index contributed by atoms with van der Waals surface area (Å²) < 4.78 is 17.1. The van der Waals surface area contributed by atoms with Gasteiger partial charge >= 0.3 is 0 Å². The van der Waals surface area contributed by atoms with E-state index in [4.69, 9.17) is 14.2 Å². The van der Waals surface area contributed by atoms with E-state index in [1.54, 1.807) is 0 Å². The third-order valence-corrected chi connectivity index (χ3v) is 6.00. The first-order valence-corrected chi connectivity index (χ1v) is 10.5. The zero-order valence-corrected chi connectivity index (χ0v) is 16.8. The van der Waals surface area contributed by atoms with Crippen LogP contribution in [-0.4, -0.2) is 62.0 Å². The van der Waals surface area contributed by atoms with Crippen LogP contribution in [0.3, 0.4) is 0 Å². The lowest BCUT2D eigenvalue weighted by atomic mass is 10.0. The Morgan fingerprint density at radius 1 is 0.966 bits per heavy atom. The fraction of sp³-hybridized carbons (Fsp3) is 0.478. The normalized spacial score (nSPS) is 22.1. The molecular formula is C23H28N2O4. The summed E-state index contributed by atoms with van der Waals surface area (Å²) in [5.41, 5.74) is 3.36. The van der Waals surface area contributed by atoms with Crippen LogP contribution in [0.4, 0.5) is 5.69 Å². The molecule has 1 fully saturated rings. The van der Waals surface area contributed by atoms with Crippen LogP contribution >= 0.6 is 0 Å². The van der Waals surface area contributed by atoms with Crippen molar-refractivity contribution >= 4 is 5.69 Å². The van der Waals surface area contributed by atoms with Crippen molar-refractivity contribution in [1.29, 1.82) is 0 Å². The maximum Gasteiger partial charge on any atom is 0.163 e. The molecule has 2 aromatic rings. The van der Waals surface area contributed by atoms with Gasteiger partial charge in [0.1, 0.15) is 25.1 Å². The minimum atomic E-state index is -0.475. The Bertz CT molecular complexity index is 879. The van der Waals surface area contributed by atoms with E-state index in [-0.39, 0.29) is 6.10 Å². The van der Waals surface area contributed by atoms with Crippen molar-refractivity contribution in [2.75, 3.05) is 50.8 Å². The summed E-state index contributed by atoms with van der Waals surface area (Å²) in [6.45, 7) is 7.68. The summed E-state index contributed by atoms with van der Waals surface area (Å²) in [6.07, 6.45) is 0.674. The number of aliphatic hydroxyl groups is 1. The van der Waals surface area contributed by atoms with Crippen LogP contribution in [0.25, 0.3) is 0 Å². The smallest absolute Gasteiger partial charge is 0.163 e. The van der Waals surface area contributed by atoms with Crippen molar-refractivity contribution < 1.29 is 19.3 Å². The van der Waals surface area contributed by atoms with Gasteiger partial charge in [-0.3, -0.25) is 4.90 Å². The van der Waals surface area contributed by atoms with E-state index < -0.39 is 6.10 Å². The monoisotopic (exact) mass is 396 g/mol.